The molecule has 1 heterocycles. The lowest BCUT2D eigenvalue weighted by Crippen LogP contribution is -2.25. The third kappa shape index (κ3) is 5.88. The molecule has 0 spiro atoms. The number of halogens is 1. The highest BCUT2D eigenvalue weighted by Crippen LogP contribution is 2.15. The van der Waals surface area contributed by atoms with E-state index in [4.69, 9.17) is 11.6 Å². The average Bonchev–Trinajstić information content (AvgIpc) is 3.08. The molecule has 3 aromatic rings. The molecule has 1 amide bonds. The minimum absolute atomic E-state index is 0.0348. The third-order valence-corrected chi connectivity index (χ3v) is 5.49. The molecule has 4 nitrogen and oxygen atoms in total. The Labute approximate surface area is 169 Å². The number of rotatable bonds is 8. The molecule has 0 unspecified atom stereocenters. The zero-order valence-corrected chi connectivity index (χ0v) is 16.8. The van der Waals surface area contributed by atoms with Crippen LogP contribution in [0.3, 0.4) is 0 Å². The molecule has 0 atom stereocenters. The molecule has 0 saturated heterocycles. The predicted octanol–water partition coefficient (Wildman–Crippen LogP) is 4.56. The first-order chi connectivity index (χ1) is 13.1. The highest BCUT2D eigenvalue weighted by molar-refractivity contribution is 7.98. The van der Waals surface area contributed by atoms with Gasteiger partial charge in [0.25, 0.3) is 5.91 Å². The molecule has 0 bridgehead atoms. The molecule has 6 heteroatoms. The largest absolute Gasteiger partial charge is 0.351 e. The van der Waals surface area contributed by atoms with Gasteiger partial charge in [-0.1, -0.05) is 35.9 Å². The van der Waals surface area contributed by atoms with E-state index in [1.807, 2.05) is 61.7 Å². The summed E-state index contributed by atoms with van der Waals surface area (Å²) in [4.78, 5) is 16.5. The number of hydrogen-bond acceptors (Lipinski definition) is 3. The van der Waals surface area contributed by atoms with Crippen LogP contribution in [0.4, 0.5) is 0 Å². The SMILES string of the molecule is Cc1nccn1Cc1ccc(C(=O)NCCSCc2ccc(Cl)cc2)cc1. The Hall–Kier alpha value is -2.24. The number of aromatic nitrogens is 2. The second-order valence-corrected chi connectivity index (χ2v) is 7.78. The monoisotopic (exact) mass is 399 g/mol. The van der Waals surface area contributed by atoms with Gasteiger partial charge in [-0.15, -0.1) is 0 Å². The molecule has 27 heavy (non-hydrogen) atoms. The van der Waals surface area contributed by atoms with Crippen LogP contribution < -0.4 is 5.32 Å². The molecule has 1 aromatic heterocycles. The maximum atomic E-state index is 12.2. The number of nitrogens with one attached hydrogen (secondary N) is 1. The minimum Gasteiger partial charge on any atom is -0.351 e. The fourth-order valence-corrected chi connectivity index (χ4v) is 3.58. The van der Waals surface area contributed by atoms with E-state index < -0.39 is 0 Å². The van der Waals surface area contributed by atoms with Gasteiger partial charge in [-0.2, -0.15) is 11.8 Å². The van der Waals surface area contributed by atoms with Gasteiger partial charge in [0.2, 0.25) is 0 Å². The van der Waals surface area contributed by atoms with E-state index >= 15 is 0 Å². The summed E-state index contributed by atoms with van der Waals surface area (Å²) in [6, 6.07) is 15.6. The van der Waals surface area contributed by atoms with Gasteiger partial charge in [0.05, 0.1) is 0 Å². The fourth-order valence-electron chi connectivity index (χ4n) is 2.64. The van der Waals surface area contributed by atoms with Crippen LogP contribution in [0.5, 0.6) is 0 Å². The molecule has 0 aliphatic rings. The van der Waals surface area contributed by atoms with Gasteiger partial charge >= 0.3 is 0 Å². The van der Waals surface area contributed by atoms with Gasteiger partial charge < -0.3 is 9.88 Å². The summed E-state index contributed by atoms with van der Waals surface area (Å²) in [5, 5.41) is 3.72. The highest BCUT2D eigenvalue weighted by Gasteiger charge is 2.05. The van der Waals surface area contributed by atoms with Gasteiger partial charge in [0, 0.05) is 47.6 Å². The predicted molar refractivity (Wildman–Crippen MR) is 112 cm³/mol. The summed E-state index contributed by atoms with van der Waals surface area (Å²) >= 11 is 7.67. The quantitative estimate of drug-likeness (QED) is 0.565. The van der Waals surface area contributed by atoms with Crippen molar-refractivity contribution in [1.82, 2.24) is 14.9 Å². The van der Waals surface area contributed by atoms with E-state index in [0.717, 1.165) is 34.5 Å². The zero-order valence-electron chi connectivity index (χ0n) is 15.2. The van der Waals surface area contributed by atoms with Crippen molar-refractivity contribution in [3.63, 3.8) is 0 Å². The van der Waals surface area contributed by atoms with Crippen molar-refractivity contribution in [3.8, 4) is 0 Å². The van der Waals surface area contributed by atoms with Crippen LogP contribution in [-0.4, -0.2) is 27.8 Å². The summed E-state index contributed by atoms with van der Waals surface area (Å²) in [6.45, 7) is 3.38. The lowest BCUT2D eigenvalue weighted by Gasteiger charge is -2.08. The molecule has 0 fully saturated rings. The van der Waals surface area contributed by atoms with Crippen molar-refractivity contribution >= 4 is 29.3 Å². The number of imidazole rings is 1. The second kappa shape index (κ2) is 9.62. The molecular formula is C21H22ClN3OS. The summed E-state index contributed by atoms with van der Waals surface area (Å²) in [7, 11) is 0. The standard InChI is InChI=1S/C21H22ClN3OS/c1-16-23-10-12-25(16)14-17-2-6-19(7-3-17)21(26)24-11-13-27-15-18-4-8-20(22)9-5-18/h2-10,12H,11,13-15H2,1H3,(H,24,26). The smallest absolute Gasteiger partial charge is 0.251 e. The summed E-state index contributed by atoms with van der Waals surface area (Å²) < 4.78 is 2.08. The molecule has 3 rings (SSSR count). The van der Waals surface area contributed by atoms with Crippen molar-refractivity contribution in [2.45, 2.75) is 19.2 Å². The molecular weight excluding hydrogens is 378 g/mol. The van der Waals surface area contributed by atoms with Gasteiger partial charge in [-0.25, -0.2) is 4.98 Å². The van der Waals surface area contributed by atoms with Gasteiger partial charge in [0.1, 0.15) is 5.82 Å². The number of hydrogen-bond donors (Lipinski definition) is 1. The van der Waals surface area contributed by atoms with Crippen molar-refractivity contribution in [2.24, 2.45) is 0 Å². The normalized spacial score (nSPS) is 10.7. The van der Waals surface area contributed by atoms with E-state index in [1.165, 1.54) is 5.56 Å². The molecule has 140 valence electrons. The lowest BCUT2D eigenvalue weighted by molar-refractivity contribution is 0.0956. The van der Waals surface area contributed by atoms with Crippen LogP contribution in [0.15, 0.2) is 60.9 Å². The van der Waals surface area contributed by atoms with E-state index in [1.54, 1.807) is 18.0 Å². The Balaban J connectivity index is 1.40. The van der Waals surface area contributed by atoms with Crippen LogP contribution in [0.2, 0.25) is 5.02 Å². The third-order valence-electron chi connectivity index (χ3n) is 4.21. The Bertz CT molecular complexity index is 875. The van der Waals surface area contributed by atoms with Gasteiger partial charge in [-0.05, 0) is 42.3 Å². The first-order valence-corrected chi connectivity index (χ1v) is 10.3. The van der Waals surface area contributed by atoms with Crippen LogP contribution in [0.1, 0.15) is 27.3 Å². The van der Waals surface area contributed by atoms with Crippen LogP contribution in [-0.2, 0) is 12.3 Å². The molecule has 0 radical (unpaired) electrons. The fraction of sp³-hybridized carbons (Fsp3) is 0.238. The average molecular weight is 400 g/mol. The molecule has 0 saturated carbocycles. The van der Waals surface area contributed by atoms with Crippen molar-refractivity contribution in [3.05, 3.63) is 88.5 Å². The zero-order chi connectivity index (χ0) is 19.1. The van der Waals surface area contributed by atoms with Crippen molar-refractivity contribution < 1.29 is 4.79 Å². The van der Waals surface area contributed by atoms with Crippen molar-refractivity contribution in [1.29, 1.82) is 0 Å². The van der Waals surface area contributed by atoms with Crippen LogP contribution in [0.25, 0.3) is 0 Å². The number of amides is 1. The van der Waals surface area contributed by atoms with Crippen molar-refractivity contribution in [2.75, 3.05) is 12.3 Å². The molecule has 0 aliphatic carbocycles. The first kappa shape index (κ1) is 19.5. The maximum Gasteiger partial charge on any atom is 0.251 e. The number of thioether (sulfide) groups is 1. The summed E-state index contributed by atoms with van der Waals surface area (Å²) in [5.74, 6) is 2.72. The van der Waals surface area contributed by atoms with E-state index in [9.17, 15) is 4.79 Å². The second-order valence-electron chi connectivity index (χ2n) is 6.23. The lowest BCUT2D eigenvalue weighted by atomic mass is 10.1. The van der Waals surface area contributed by atoms with E-state index in [2.05, 4.69) is 14.9 Å². The highest BCUT2D eigenvalue weighted by atomic mass is 35.5. The first-order valence-electron chi connectivity index (χ1n) is 8.79. The minimum atomic E-state index is -0.0348. The Kier molecular flexibility index (Phi) is 6.96. The Morgan fingerprint density at radius 2 is 1.81 bits per heavy atom. The number of nitrogens with zero attached hydrogens (tertiary/aromatic N) is 2. The topological polar surface area (TPSA) is 46.9 Å². The summed E-state index contributed by atoms with van der Waals surface area (Å²) in [6.07, 6.45) is 3.75. The van der Waals surface area contributed by atoms with Gasteiger partial charge in [0.15, 0.2) is 0 Å². The van der Waals surface area contributed by atoms with Crippen LogP contribution in [0, 0.1) is 6.92 Å². The van der Waals surface area contributed by atoms with Gasteiger partial charge in [-0.3, -0.25) is 4.79 Å². The molecule has 2 aromatic carbocycles. The number of benzene rings is 2. The number of aryl methyl sites for hydroxylation is 1. The van der Waals surface area contributed by atoms with Crippen LogP contribution >= 0.6 is 23.4 Å². The molecule has 0 aliphatic heterocycles. The Morgan fingerprint density at radius 1 is 1.11 bits per heavy atom. The number of carbonyl (C=O) groups excluding carboxylic acids is 1. The molecule has 1 N–H and O–H groups in total. The Morgan fingerprint density at radius 3 is 2.48 bits per heavy atom. The van der Waals surface area contributed by atoms with E-state index in [-0.39, 0.29) is 5.91 Å². The summed E-state index contributed by atoms with van der Waals surface area (Å²) in [5.41, 5.74) is 3.06. The maximum absolute atomic E-state index is 12.2. The van der Waals surface area contributed by atoms with E-state index in [0.29, 0.717) is 12.1 Å². The number of carbonyl (C=O) groups is 1.